The topological polar surface area (TPSA) is 20.2 Å². The summed E-state index contributed by atoms with van der Waals surface area (Å²) in [5, 5.41) is 12.0. The average Bonchev–Trinajstić information content (AvgIpc) is 2.28. The van der Waals surface area contributed by atoms with E-state index in [1.807, 2.05) is 12.1 Å². The summed E-state index contributed by atoms with van der Waals surface area (Å²) in [6.07, 6.45) is 4.44. The van der Waals surface area contributed by atoms with Crippen LogP contribution in [0.3, 0.4) is 0 Å². The minimum atomic E-state index is -0.604. The van der Waals surface area contributed by atoms with Crippen molar-refractivity contribution < 1.29 is 5.11 Å². The lowest BCUT2D eigenvalue weighted by Gasteiger charge is -2.40. The first-order chi connectivity index (χ1) is 8.30. The van der Waals surface area contributed by atoms with E-state index >= 15 is 0 Å². The van der Waals surface area contributed by atoms with Gasteiger partial charge < -0.3 is 5.11 Å². The summed E-state index contributed by atoms with van der Waals surface area (Å²) in [7, 11) is 0. The summed E-state index contributed by atoms with van der Waals surface area (Å²) in [5.41, 5.74) is 0.742. The largest absolute Gasteiger partial charge is 0.390 e. The van der Waals surface area contributed by atoms with E-state index in [0.717, 1.165) is 31.2 Å². The van der Waals surface area contributed by atoms with Gasteiger partial charge in [0.2, 0.25) is 0 Å². The molecular formula is C15H20Cl2O. The molecule has 1 aliphatic rings. The summed E-state index contributed by atoms with van der Waals surface area (Å²) in [4.78, 5) is 0. The lowest BCUT2D eigenvalue weighted by Crippen LogP contribution is -2.38. The molecule has 0 aliphatic heterocycles. The highest BCUT2D eigenvalue weighted by atomic mass is 35.5. The number of aliphatic hydroxyl groups is 1. The summed E-state index contributed by atoms with van der Waals surface area (Å²) in [5.74, 6) is 0. The molecule has 1 aromatic rings. The van der Waals surface area contributed by atoms with E-state index < -0.39 is 5.60 Å². The zero-order valence-corrected chi connectivity index (χ0v) is 12.5. The Bertz CT molecular complexity index is 430. The van der Waals surface area contributed by atoms with Crippen molar-refractivity contribution in [3.8, 4) is 0 Å². The second-order valence-corrected chi connectivity index (χ2v) is 7.14. The van der Waals surface area contributed by atoms with E-state index in [2.05, 4.69) is 13.8 Å². The van der Waals surface area contributed by atoms with Crippen LogP contribution in [0.15, 0.2) is 18.2 Å². The van der Waals surface area contributed by atoms with E-state index in [1.165, 1.54) is 0 Å². The molecule has 0 unspecified atom stereocenters. The third kappa shape index (κ3) is 3.40. The van der Waals surface area contributed by atoms with Crippen LogP contribution in [0, 0.1) is 5.41 Å². The fourth-order valence-corrected chi connectivity index (χ4v) is 3.06. The average molecular weight is 287 g/mol. The van der Waals surface area contributed by atoms with Crippen LogP contribution in [0.2, 0.25) is 10.0 Å². The Hall–Kier alpha value is -0.240. The predicted molar refractivity (Wildman–Crippen MR) is 77.4 cm³/mol. The minimum Gasteiger partial charge on any atom is -0.390 e. The van der Waals surface area contributed by atoms with Gasteiger partial charge in [0.15, 0.2) is 0 Å². The Balaban J connectivity index is 2.09. The Morgan fingerprint density at radius 2 is 1.72 bits per heavy atom. The van der Waals surface area contributed by atoms with Gasteiger partial charge in [-0.05, 0) is 48.8 Å². The standard InChI is InChI=1S/C15H20Cl2O/c1-14(2)5-7-15(18,8-6-14)10-11-3-4-12(16)9-13(11)17/h3-4,9,18H,5-8,10H2,1-2H3. The van der Waals surface area contributed by atoms with E-state index in [4.69, 9.17) is 23.2 Å². The maximum atomic E-state index is 10.7. The Morgan fingerprint density at radius 1 is 1.11 bits per heavy atom. The van der Waals surface area contributed by atoms with E-state index in [0.29, 0.717) is 21.9 Å². The van der Waals surface area contributed by atoms with Crippen LogP contribution in [0.1, 0.15) is 45.1 Å². The molecule has 0 saturated heterocycles. The van der Waals surface area contributed by atoms with Crippen molar-refractivity contribution in [1.29, 1.82) is 0 Å². The molecule has 1 aliphatic carbocycles. The Labute approximate surface area is 119 Å². The van der Waals surface area contributed by atoms with Gasteiger partial charge in [-0.3, -0.25) is 0 Å². The Morgan fingerprint density at radius 3 is 2.28 bits per heavy atom. The van der Waals surface area contributed by atoms with Crippen molar-refractivity contribution in [3.05, 3.63) is 33.8 Å². The molecule has 18 heavy (non-hydrogen) atoms. The number of rotatable bonds is 2. The van der Waals surface area contributed by atoms with Gasteiger partial charge in [-0.25, -0.2) is 0 Å². The zero-order valence-electron chi connectivity index (χ0n) is 11.0. The maximum absolute atomic E-state index is 10.7. The molecule has 0 aromatic heterocycles. The van der Waals surface area contributed by atoms with Crippen molar-refractivity contribution in [3.63, 3.8) is 0 Å². The molecule has 0 radical (unpaired) electrons. The van der Waals surface area contributed by atoms with Crippen molar-refractivity contribution >= 4 is 23.2 Å². The molecule has 1 nitrogen and oxygen atoms in total. The van der Waals surface area contributed by atoms with E-state index in [-0.39, 0.29) is 0 Å². The lowest BCUT2D eigenvalue weighted by atomic mass is 9.69. The molecule has 2 rings (SSSR count). The number of hydrogen-bond acceptors (Lipinski definition) is 1. The van der Waals surface area contributed by atoms with Gasteiger partial charge in [0, 0.05) is 16.5 Å². The number of hydrogen-bond donors (Lipinski definition) is 1. The minimum absolute atomic E-state index is 0.357. The predicted octanol–water partition coefficient (Wildman–Crippen LogP) is 4.87. The first kappa shape index (κ1) is 14.2. The third-order valence-electron chi connectivity index (χ3n) is 4.07. The summed E-state index contributed by atoms with van der Waals surface area (Å²) >= 11 is 12.1. The summed E-state index contributed by atoms with van der Waals surface area (Å²) in [6, 6.07) is 5.50. The van der Waals surface area contributed by atoms with Crippen LogP contribution in [0.5, 0.6) is 0 Å². The maximum Gasteiger partial charge on any atom is 0.0688 e. The van der Waals surface area contributed by atoms with Gasteiger partial charge in [0.25, 0.3) is 0 Å². The molecule has 3 heteroatoms. The van der Waals surface area contributed by atoms with Gasteiger partial charge in [0.05, 0.1) is 5.60 Å². The third-order valence-corrected chi connectivity index (χ3v) is 4.66. The quantitative estimate of drug-likeness (QED) is 0.823. The molecular weight excluding hydrogens is 267 g/mol. The molecule has 0 amide bonds. The van der Waals surface area contributed by atoms with Crippen LogP contribution in [0.4, 0.5) is 0 Å². The molecule has 0 atom stereocenters. The zero-order chi connectivity index (χ0) is 13.4. The van der Waals surface area contributed by atoms with E-state index in [1.54, 1.807) is 6.07 Å². The van der Waals surface area contributed by atoms with Gasteiger partial charge in [-0.1, -0.05) is 43.1 Å². The van der Waals surface area contributed by atoms with Crippen LogP contribution < -0.4 is 0 Å². The fourth-order valence-electron chi connectivity index (χ4n) is 2.59. The summed E-state index contributed by atoms with van der Waals surface area (Å²) in [6.45, 7) is 4.53. The smallest absolute Gasteiger partial charge is 0.0688 e. The first-order valence-corrected chi connectivity index (χ1v) is 7.22. The fraction of sp³-hybridized carbons (Fsp3) is 0.600. The highest BCUT2D eigenvalue weighted by Gasteiger charge is 2.36. The molecule has 1 N–H and O–H groups in total. The molecule has 100 valence electrons. The lowest BCUT2D eigenvalue weighted by molar-refractivity contribution is -0.0251. The van der Waals surface area contributed by atoms with Crippen LogP contribution in [-0.2, 0) is 6.42 Å². The van der Waals surface area contributed by atoms with Crippen LogP contribution in [0.25, 0.3) is 0 Å². The molecule has 0 heterocycles. The molecule has 0 bridgehead atoms. The van der Waals surface area contributed by atoms with Gasteiger partial charge in [-0.2, -0.15) is 0 Å². The van der Waals surface area contributed by atoms with Crippen molar-refractivity contribution in [2.45, 2.75) is 51.6 Å². The number of benzene rings is 1. The van der Waals surface area contributed by atoms with Gasteiger partial charge >= 0.3 is 0 Å². The van der Waals surface area contributed by atoms with E-state index in [9.17, 15) is 5.11 Å². The summed E-state index contributed by atoms with van der Waals surface area (Å²) < 4.78 is 0. The normalized spacial score (nSPS) is 21.8. The monoisotopic (exact) mass is 286 g/mol. The molecule has 1 saturated carbocycles. The van der Waals surface area contributed by atoms with Gasteiger partial charge in [0.1, 0.15) is 0 Å². The molecule has 0 spiro atoms. The van der Waals surface area contributed by atoms with Gasteiger partial charge in [-0.15, -0.1) is 0 Å². The second kappa shape index (κ2) is 5.03. The SMILES string of the molecule is CC1(C)CCC(O)(Cc2ccc(Cl)cc2Cl)CC1. The molecule has 1 fully saturated rings. The Kier molecular flexibility index (Phi) is 3.96. The highest BCUT2D eigenvalue weighted by molar-refractivity contribution is 6.35. The van der Waals surface area contributed by atoms with Crippen LogP contribution in [-0.4, -0.2) is 10.7 Å². The first-order valence-electron chi connectivity index (χ1n) is 6.46. The molecule has 1 aromatic carbocycles. The number of halogens is 2. The highest BCUT2D eigenvalue weighted by Crippen LogP contribution is 2.42. The van der Waals surface area contributed by atoms with Crippen molar-refractivity contribution in [1.82, 2.24) is 0 Å². The van der Waals surface area contributed by atoms with Crippen LogP contribution >= 0.6 is 23.2 Å². The van der Waals surface area contributed by atoms with Crippen molar-refractivity contribution in [2.75, 3.05) is 0 Å². The van der Waals surface area contributed by atoms with Crippen molar-refractivity contribution in [2.24, 2.45) is 5.41 Å². The second-order valence-electron chi connectivity index (χ2n) is 6.30.